The molecule has 1 nitrogen and oxygen atoms in total. The summed E-state index contributed by atoms with van der Waals surface area (Å²) in [5.74, 6) is 0. The molecule has 1 aliphatic rings. The van der Waals surface area contributed by atoms with Gasteiger partial charge in [-0.15, -0.1) is 0 Å². The molecule has 0 aliphatic heterocycles. The second-order valence-electron chi connectivity index (χ2n) is 3.73. The lowest BCUT2D eigenvalue weighted by Crippen LogP contribution is -1.93. The monoisotopic (exact) mass is 252 g/mol. The molecule has 0 aromatic heterocycles. The summed E-state index contributed by atoms with van der Waals surface area (Å²) in [5.41, 5.74) is 2.67. The number of benzene rings is 1. The Morgan fingerprint density at radius 1 is 1.29 bits per heavy atom. The van der Waals surface area contributed by atoms with Gasteiger partial charge < -0.3 is 5.11 Å². The number of aliphatic hydroxyl groups is 1. The first-order chi connectivity index (χ1) is 6.74. The Hall–Kier alpha value is -0.600. The third kappa shape index (κ3) is 2.46. The molecule has 0 bridgehead atoms. The number of hydrogen-bond donors (Lipinski definition) is 1. The molecule has 0 spiro atoms. The van der Waals surface area contributed by atoms with Crippen LogP contribution in [0.25, 0.3) is 0 Å². The van der Waals surface area contributed by atoms with Gasteiger partial charge in [0.2, 0.25) is 0 Å². The second-order valence-corrected chi connectivity index (χ2v) is 4.65. The molecule has 0 saturated carbocycles. The lowest BCUT2D eigenvalue weighted by Gasteiger charge is -2.01. The molecular formula is C12H13BrO. The van der Waals surface area contributed by atoms with Gasteiger partial charge in [0, 0.05) is 4.47 Å². The summed E-state index contributed by atoms with van der Waals surface area (Å²) in [6.07, 6.45) is 4.69. The topological polar surface area (TPSA) is 20.2 Å². The van der Waals surface area contributed by atoms with Crippen LogP contribution in [0.15, 0.2) is 40.4 Å². The predicted octanol–water partition coefficient (Wildman–Crippen LogP) is 3.07. The van der Waals surface area contributed by atoms with Crippen molar-refractivity contribution in [1.82, 2.24) is 0 Å². The van der Waals surface area contributed by atoms with Crippen molar-refractivity contribution in [2.45, 2.75) is 25.4 Å². The molecule has 1 N–H and O–H groups in total. The van der Waals surface area contributed by atoms with Gasteiger partial charge in [-0.2, -0.15) is 0 Å². The molecule has 0 radical (unpaired) electrons. The molecule has 2 heteroatoms. The molecule has 1 aromatic rings. The zero-order valence-electron chi connectivity index (χ0n) is 7.91. The van der Waals surface area contributed by atoms with Gasteiger partial charge in [-0.3, -0.25) is 0 Å². The van der Waals surface area contributed by atoms with Crippen LogP contribution in [-0.4, -0.2) is 11.2 Å². The fraction of sp³-hybridized carbons (Fsp3) is 0.333. The number of allylic oxidation sites excluding steroid dienone is 1. The van der Waals surface area contributed by atoms with Gasteiger partial charge in [-0.05, 0) is 37.0 Å². The maximum atomic E-state index is 9.34. The number of hydrogen-bond acceptors (Lipinski definition) is 1. The van der Waals surface area contributed by atoms with Gasteiger partial charge in [-0.1, -0.05) is 39.7 Å². The average Bonchev–Trinajstić information content (AvgIpc) is 2.56. The zero-order chi connectivity index (χ0) is 9.97. The molecule has 14 heavy (non-hydrogen) atoms. The zero-order valence-corrected chi connectivity index (χ0v) is 9.50. The van der Waals surface area contributed by atoms with Crippen molar-refractivity contribution >= 4 is 15.9 Å². The standard InChI is InChI=1S/C12H13BrO/c13-11-4-1-9(2-5-11)7-10-3-6-12(14)8-10/h1-2,4-5,8,12,14H,3,6-7H2. The van der Waals surface area contributed by atoms with E-state index in [-0.39, 0.29) is 6.10 Å². The van der Waals surface area contributed by atoms with Crippen molar-refractivity contribution in [1.29, 1.82) is 0 Å². The van der Waals surface area contributed by atoms with Crippen LogP contribution in [0, 0.1) is 0 Å². The van der Waals surface area contributed by atoms with Crippen LogP contribution < -0.4 is 0 Å². The van der Waals surface area contributed by atoms with Gasteiger partial charge in [0.05, 0.1) is 6.10 Å². The quantitative estimate of drug-likeness (QED) is 0.803. The van der Waals surface area contributed by atoms with Crippen LogP contribution in [0.2, 0.25) is 0 Å². The van der Waals surface area contributed by atoms with E-state index < -0.39 is 0 Å². The summed E-state index contributed by atoms with van der Waals surface area (Å²) < 4.78 is 1.11. The lowest BCUT2D eigenvalue weighted by atomic mass is 10.1. The third-order valence-corrected chi connectivity index (χ3v) is 3.06. The Labute approximate surface area is 92.6 Å². The Bertz CT molecular complexity index is 340. The van der Waals surface area contributed by atoms with Crippen LogP contribution in [0.3, 0.4) is 0 Å². The first-order valence-corrected chi connectivity index (χ1v) is 5.65. The summed E-state index contributed by atoms with van der Waals surface area (Å²) in [5, 5.41) is 9.34. The van der Waals surface area contributed by atoms with Crippen molar-refractivity contribution in [2.24, 2.45) is 0 Å². The van der Waals surface area contributed by atoms with Crippen molar-refractivity contribution < 1.29 is 5.11 Å². The van der Waals surface area contributed by atoms with Crippen LogP contribution in [-0.2, 0) is 6.42 Å². The Morgan fingerprint density at radius 3 is 2.57 bits per heavy atom. The van der Waals surface area contributed by atoms with E-state index in [0.29, 0.717) is 0 Å². The van der Waals surface area contributed by atoms with Crippen LogP contribution in [0.5, 0.6) is 0 Å². The molecule has 0 heterocycles. The lowest BCUT2D eigenvalue weighted by molar-refractivity contribution is 0.223. The maximum absolute atomic E-state index is 9.34. The van der Waals surface area contributed by atoms with Gasteiger partial charge in [0.1, 0.15) is 0 Å². The predicted molar refractivity (Wildman–Crippen MR) is 61.2 cm³/mol. The van der Waals surface area contributed by atoms with E-state index in [4.69, 9.17) is 0 Å². The average molecular weight is 253 g/mol. The summed E-state index contributed by atoms with van der Waals surface area (Å²) in [7, 11) is 0. The van der Waals surface area contributed by atoms with Gasteiger partial charge in [0.25, 0.3) is 0 Å². The van der Waals surface area contributed by atoms with Gasteiger partial charge in [-0.25, -0.2) is 0 Å². The SMILES string of the molecule is OC1C=C(Cc2ccc(Br)cc2)CC1. The smallest absolute Gasteiger partial charge is 0.0726 e. The largest absolute Gasteiger partial charge is 0.389 e. The van der Waals surface area contributed by atoms with E-state index >= 15 is 0 Å². The molecule has 0 amide bonds. The van der Waals surface area contributed by atoms with Gasteiger partial charge >= 0.3 is 0 Å². The minimum atomic E-state index is -0.208. The van der Waals surface area contributed by atoms with Crippen LogP contribution in [0.4, 0.5) is 0 Å². The Morgan fingerprint density at radius 2 is 2.00 bits per heavy atom. The van der Waals surface area contributed by atoms with Crippen molar-refractivity contribution in [3.63, 3.8) is 0 Å². The number of rotatable bonds is 2. The highest BCUT2D eigenvalue weighted by molar-refractivity contribution is 9.10. The molecule has 1 aliphatic carbocycles. The van der Waals surface area contributed by atoms with Crippen molar-refractivity contribution in [2.75, 3.05) is 0 Å². The molecule has 0 saturated heterocycles. The normalized spacial score (nSPS) is 21.0. The van der Waals surface area contributed by atoms with E-state index in [1.807, 2.05) is 6.08 Å². The molecule has 1 atom stereocenters. The first kappa shape index (κ1) is 9.94. The van der Waals surface area contributed by atoms with Gasteiger partial charge in [0.15, 0.2) is 0 Å². The third-order valence-electron chi connectivity index (χ3n) is 2.53. The minimum Gasteiger partial charge on any atom is -0.389 e. The summed E-state index contributed by atoms with van der Waals surface area (Å²) in [4.78, 5) is 0. The molecule has 1 unspecified atom stereocenters. The number of halogens is 1. The molecule has 74 valence electrons. The minimum absolute atomic E-state index is 0.208. The Kier molecular flexibility index (Phi) is 3.04. The Balaban J connectivity index is 2.04. The molecule has 1 aromatic carbocycles. The highest BCUT2D eigenvalue weighted by Crippen LogP contribution is 2.22. The van der Waals surface area contributed by atoms with Crippen molar-refractivity contribution in [3.05, 3.63) is 46.0 Å². The highest BCUT2D eigenvalue weighted by atomic mass is 79.9. The molecule has 0 fully saturated rings. The van der Waals surface area contributed by atoms with Crippen LogP contribution >= 0.6 is 15.9 Å². The summed E-state index contributed by atoms with van der Waals surface area (Å²) >= 11 is 3.41. The molecular weight excluding hydrogens is 240 g/mol. The maximum Gasteiger partial charge on any atom is 0.0726 e. The molecule has 2 rings (SSSR count). The van der Waals surface area contributed by atoms with E-state index in [1.54, 1.807) is 0 Å². The van der Waals surface area contributed by atoms with E-state index in [2.05, 4.69) is 40.2 Å². The summed E-state index contributed by atoms with van der Waals surface area (Å²) in [6, 6.07) is 8.35. The van der Waals surface area contributed by atoms with E-state index in [0.717, 1.165) is 23.7 Å². The van der Waals surface area contributed by atoms with E-state index in [1.165, 1.54) is 11.1 Å². The fourth-order valence-electron chi connectivity index (χ4n) is 1.78. The number of aliphatic hydroxyl groups excluding tert-OH is 1. The second kappa shape index (κ2) is 4.28. The highest BCUT2D eigenvalue weighted by Gasteiger charge is 2.12. The summed E-state index contributed by atoms with van der Waals surface area (Å²) in [6.45, 7) is 0. The van der Waals surface area contributed by atoms with Crippen LogP contribution in [0.1, 0.15) is 18.4 Å². The fourth-order valence-corrected chi connectivity index (χ4v) is 2.05. The first-order valence-electron chi connectivity index (χ1n) is 4.86. The van der Waals surface area contributed by atoms with E-state index in [9.17, 15) is 5.11 Å². The van der Waals surface area contributed by atoms with Crippen molar-refractivity contribution in [3.8, 4) is 0 Å².